The molecule has 1 N–H and O–H groups in total. The van der Waals surface area contributed by atoms with Gasteiger partial charge in [0.1, 0.15) is 0 Å². The molecule has 2 rings (SSSR count). The van der Waals surface area contributed by atoms with Gasteiger partial charge >= 0.3 is 5.97 Å². The van der Waals surface area contributed by atoms with Crippen LogP contribution in [0.25, 0.3) is 0 Å². The number of likely N-dealkylation sites (N-methyl/N-ethyl adjacent to an activating group) is 1. The van der Waals surface area contributed by atoms with Crippen molar-refractivity contribution in [1.29, 1.82) is 0 Å². The van der Waals surface area contributed by atoms with Crippen molar-refractivity contribution in [3.05, 3.63) is 47.2 Å². The molecule has 0 atom stereocenters. The zero-order valence-corrected chi connectivity index (χ0v) is 14.2. The van der Waals surface area contributed by atoms with Gasteiger partial charge in [0.15, 0.2) is 11.5 Å². The highest BCUT2D eigenvalue weighted by Crippen LogP contribution is 2.18. The number of aromatic nitrogens is 2. The van der Waals surface area contributed by atoms with Gasteiger partial charge in [-0.2, -0.15) is 0 Å². The Hall–Kier alpha value is -2.96. The lowest BCUT2D eigenvalue weighted by atomic mass is 10.1. The molecule has 0 saturated heterocycles. The van der Waals surface area contributed by atoms with E-state index in [1.165, 1.54) is 13.2 Å². The minimum atomic E-state index is -0.552. The third-order valence-corrected chi connectivity index (χ3v) is 3.70. The Kier molecular flexibility index (Phi) is 5.47. The number of methoxy groups -OCH3 is 1. The first kappa shape index (κ1) is 17.4. The number of aryl methyl sites for hydroxylation is 1. The van der Waals surface area contributed by atoms with Crippen LogP contribution >= 0.6 is 0 Å². The molecule has 7 nitrogen and oxygen atoms in total. The first-order valence-electron chi connectivity index (χ1n) is 7.41. The van der Waals surface area contributed by atoms with Crippen LogP contribution in [0.2, 0.25) is 0 Å². The number of hydrogen-bond donors (Lipinski definition) is 1. The van der Waals surface area contributed by atoms with E-state index >= 15 is 0 Å². The van der Waals surface area contributed by atoms with E-state index in [4.69, 9.17) is 0 Å². The van der Waals surface area contributed by atoms with Gasteiger partial charge in [-0.3, -0.25) is 4.79 Å². The molecule has 0 fully saturated rings. The molecule has 0 aliphatic rings. The Morgan fingerprint density at radius 3 is 2.54 bits per heavy atom. The zero-order chi connectivity index (χ0) is 17.7. The van der Waals surface area contributed by atoms with Gasteiger partial charge in [0, 0.05) is 12.7 Å². The largest absolute Gasteiger partial charge is 0.464 e. The fourth-order valence-corrected chi connectivity index (χ4v) is 2.11. The summed E-state index contributed by atoms with van der Waals surface area (Å²) >= 11 is 0. The van der Waals surface area contributed by atoms with Crippen molar-refractivity contribution in [3.8, 4) is 0 Å². The summed E-state index contributed by atoms with van der Waals surface area (Å²) in [6, 6.07) is 8.89. The fraction of sp³-hybridized carbons (Fsp3) is 0.294. The Labute approximate surface area is 140 Å². The molecular weight excluding hydrogens is 308 g/mol. The highest BCUT2D eigenvalue weighted by molar-refractivity contribution is 5.94. The van der Waals surface area contributed by atoms with Crippen molar-refractivity contribution in [1.82, 2.24) is 10.2 Å². The summed E-state index contributed by atoms with van der Waals surface area (Å²) in [6.45, 7) is 4.07. The maximum atomic E-state index is 12.2. The summed E-state index contributed by atoms with van der Waals surface area (Å²) in [4.78, 5) is 25.2. The number of esters is 1. The summed E-state index contributed by atoms with van der Waals surface area (Å²) < 4.78 is 4.57. The number of carbonyl (C=O) groups excluding carboxylic acids is 2. The number of benzene rings is 1. The lowest BCUT2D eigenvalue weighted by molar-refractivity contribution is -0.114. The van der Waals surface area contributed by atoms with Gasteiger partial charge in [-0.25, -0.2) is 4.79 Å². The molecule has 0 aliphatic carbocycles. The van der Waals surface area contributed by atoms with Gasteiger partial charge in [-0.15, -0.1) is 10.2 Å². The Balaban J connectivity index is 2.01. The van der Waals surface area contributed by atoms with Crippen LogP contribution < -0.4 is 10.2 Å². The molecule has 1 aromatic heterocycles. The molecule has 0 bridgehead atoms. The summed E-state index contributed by atoms with van der Waals surface area (Å²) in [5.74, 6) is -0.229. The molecule has 7 heteroatoms. The number of nitrogens with zero attached hydrogens (tertiary/aromatic N) is 3. The summed E-state index contributed by atoms with van der Waals surface area (Å²) in [6.07, 6.45) is 0. The second kappa shape index (κ2) is 7.54. The first-order chi connectivity index (χ1) is 11.4. The molecule has 0 unspecified atom stereocenters. The number of anilines is 2. The predicted molar refractivity (Wildman–Crippen MR) is 91.2 cm³/mol. The molecule has 1 amide bonds. The van der Waals surface area contributed by atoms with E-state index in [1.54, 1.807) is 18.0 Å². The van der Waals surface area contributed by atoms with E-state index < -0.39 is 5.97 Å². The highest BCUT2D eigenvalue weighted by atomic mass is 16.5. The molecule has 1 aromatic carbocycles. The van der Waals surface area contributed by atoms with E-state index in [0.29, 0.717) is 5.82 Å². The van der Waals surface area contributed by atoms with Crippen molar-refractivity contribution in [2.75, 3.05) is 30.9 Å². The molecule has 24 heavy (non-hydrogen) atoms. The molecule has 0 radical (unpaired) electrons. The van der Waals surface area contributed by atoms with Crippen molar-refractivity contribution in [2.45, 2.75) is 13.8 Å². The second-order valence-corrected chi connectivity index (χ2v) is 5.42. The van der Waals surface area contributed by atoms with Gasteiger partial charge in [-0.05, 0) is 43.2 Å². The summed E-state index contributed by atoms with van der Waals surface area (Å²) in [5.41, 5.74) is 3.07. The van der Waals surface area contributed by atoms with Crippen LogP contribution in [-0.4, -0.2) is 42.8 Å². The molecule has 0 saturated carbocycles. The van der Waals surface area contributed by atoms with E-state index in [2.05, 4.69) is 20.3 Å². The molecule has 0 aliphatic heterocycles. The van der Waals surface area contributed by atoms with Crippen molar-refractivity contribution in [3.63, 3.8) is 0 Å². The zero-order valence-electron chi connectivity index (χ0n) is 14.2. The number of hydrogen-bond acceptors (Lipinski definition) is 6. The minimum absolute atomic E-state index is 0.111. The normalized spacial score (nSPS) is 10.2. The highest BCUT2D eigenvalue weighted by Gasteiger charge is 2.13. The first-order valence-corrected chi connectivity index (χ1v) is 7.41. The molecular formula is C17H20N4O3. The van der Waals surface area contributed by atoms with Crippen LogP contribution in [0.5, 0.6) is 0 Å². The minimum Gasteiger partial charge on any atom is -0.464 e. The smallest absolute Gasteiger partial charge is 0.358 e. The van der Waals surface area contributed by atoms with E-state index in [1.807, 2.05) is 32.0 Å². The van der Waals surface area contributed by atoms with Gasteiger partial charge < -0.3 is 15.0 Å². The predicted octanol–water partition coefficient (Wildman–Crippen LogP) is 1.95. The lowest BCUT2D eigenvalue weighted by Gasteiger charge is -2.18. The number of carbonyl (C=O) groups is 2. The Bertz CT molecular complexity index is 744. The second-order valence-electron chi connectivity index (χ2n) is 5.42. The van der Waals surface area contributed by atoms with E-state index in [-0.39, 0.29) is 18.1 Å². The Morgan fingerprint density at radius 1 is 1.17 bits per heavy atom. The van der Waals surface area contributed by atoms with Gasteiger partial charge in [0.25, 0.3) is 0 Å². The maximum Gasteiger partial charge on any atom is 0.358 e. The monoisotopic (exact) mass is 328 g/mol. The van der Waals surface area contributed by atoms with Crippen molar-refractivity contribution < 1.29 is 14.3 Å². The fourth-order valence-electron chi connectivity index (χ4n) is 2.11. The topological polar surface area (TPSA) is 84.4 Å². The summed E-state index contributed by atoms with van der Waals surface area (Å²) in [5, 5.41) is 10.6. The standard InChI is InChI=1S/C17H20N4O3/c1-11-6-5-7-13(12(11)2)18-16(22)10-21(3)15-9-8-14(19-20-15)17(23)24-4/h5-9H,10H2,1-4H3,(H,18,22). The molecule has 2 aromatic rings. The number of rotatable bonds is 5. The Morgan fingerprint density at radius 2 is 1.92 bits per heavy atom. The quantitative estimate of drug-likeness (QED) is 0.845. The summed E-state index contributed by atoms with van der Waals surface area (Å²) in [7, 11) is 3.01. The lowest BCUT2D eigenvalue weighted by Crippen LogP contribution is -2.31. The third kappa shape index (κ3) is 4.07. The molecule has 126 valence electrons. The van der Waals surface area contributed by atoms with Crippen LogP contribution in [0.4, 0.5) is 11.5 Å². The maximum absolute atomic E-state index is 12.2. The number of amides is 1. The molecule has 0 spiro atoms. The van der Waals surface area contributed by atoms with Crippen LogP contribution in [-0.2, 0) is 9.53 Å². The average Bonchev–Trinajstić information content (AvgIpc) is 2.58. The van der Waals surface area contributed by atoms with Gasteiger partial charge in [0.2, 0.25) is 5.91 Å². The third-order valence-electron chi connectivity index (χ3n) is 3.70. The average molecular weight is 328 g/mol. The molecule has 1 heterocycles. The van der Waals surface area contributed by atoms with Crippen LogP contribution in [0.1, 0.15) is 21.6 Å². The van der Waals surface area contributed by atoms with Gasteiger partial charge in [0.05, 0.1) is 13.7 Å². The van der Waals surface area contributed by atoms with E-state index in [9.17, 15) is 9.59 Å². The van der Waals surface area contributed by atoms with Crippen molar-refractivity contribution >= 4 is 23.4 Å². The van der Waals surface area contributed by atoms with Crippen LogP contribution in [0, 0.1) is 13.8 Å². The van der Waals surface area contributed by atoms with Crippen molar-refractivity contribution in [2.24, 2.45) is 0 Å². The SMILES string of the molecule is COC(=O)c1ccc(N(C)CC(=O)Nc2cccc(C)c2C)nn1. The number of ether oxygens (including phenoxy) is 1. The van der Waals surface area contributed by atoms with Gasteiger partial charge in [-0.1, -0.05) is 12.1 Å². The van der Waals surface area contributed by atoms with Crippen LogP contribution in [0.3, 0.4) is 0 Å². The number of nitrogens with one attached hydrogen (secondary N) is 1. The van der Waals surface area contributed by atoms with E-state index in [0.717, 1.165) is 16.8 Å². The van der Waals surface area contributed by atoms with Crippen LogP contribution in [0.15, 0.2) is 30.3 Å².